The summed E-state index contributed by atoms with van der Waals surface area (Å²) < 4.78 is 36.8. The maximum Gasteiger partial charge on any atom is 0.405 e. The number of carbonyl (C=O) groups is 1. The van der Waals surface area contributed by atoms with Gasteiger partial charge < -0.3 is 10.2 Å². The first-order valence-electron chi connectivity index (χ1n) is 7.01. The molecular formula is C14H18F3N3OS. The average Bonchev–Trinajstić information content (AvgIpc) is 2.72. The number of aryl methyl sites for hydroxylation is 1. The molecule has 0 unspecified atom stereocenters. The molecule has 4 nitrogen and oxygen atoms in total. The molecule has 0 radical (unpaired) electrons. The second-order valence-electron chi connectivity index (χ2n) is 5.11. The van der Waals surface area contributed by atoms with Crippen LogP contribution in [-0.4, -0.2) is 53.1 Å². The minimum atomic E-state index is -4.32. The summed E-state index contributed by atoms with van der Waals surface area (Å²) in [5, 5.41) is 2.23. The van der Waals surface area contributed by atoms with Crippen LogP contribution in [0.15, 0.2) is 12.1 Å². The van der Waals surface area contributed by atoms with Crippen molar-refractivity contribution in [3.63, 3.8) is 0 Å². The van der Waals surface area contributed by atoms with Crippen LogP contribution in [-0.2, 0) is 0 Å². The van der Waals surface area contributed by atoms with Crippen LogP contribution in [0.1, 0.15) is 22.5 Å². The normalized spacial score (nSPS) is 16.3. The lowest BCUT2D eigenvalue weighted by Crippen LogP contribution is -2.33. The van der Waals surface area contributed by atoms with Gasteiger partial charge in [0.05, 0.1) is 0 Å². The number of halogens is 3. The number of carbonyl (C=O) groups excluding carboxylic acids is 1. The molecule has 22 heavy (non-hydrogen) atoms. The number of nitrogens with zero attached hydrogens (tertiary/aromatic N) is 2. The van der Waals surface area contributed by atoms with Gasteiger partial charge in [-0.2, -0.15) is 24.9 Å². The van der Waals surface area contributed by atoms with Crippen molar-refractivity contribution in [2.24, 2.45) is 0 Å². The summed E-state index contributed by atoms with van der Waals surface area (Å²) in [6.07, 6.45) is -3.39. The van der Waals surface area contributed by atoms with Crippen molar-refractivity contribution >= 4 is 23.5 Å². The molecule has 1 N–H and O–H groups in total. The van der Waals surface area contributed by atoms with Crippen LogP contribution in [0.4, 0.5) is 19.0 Å². The molecule has 1 aromatic rings. The Morgan fingerprint density at radius 3 is 2.86 bits per heavy atom. The molecule has 2 rings (SSSR count). The lowest BCUT2D eigenvalue weighted by Gasteiger charge is -2.20. The first-order valence-corrected chi connectivity index (χ1v) is 8.17. The third-order valence-electron chi connectivity index (χ3n) is 3.18. The number of rotatable bonds is 3. The van der Waals surface area contributed by atoms with E-state index >= 15 is 0 Å². The molecule has 2 heterocycles. The van der Waals surface area contributed by atoms with Crippen molar-refractivity contribution in [3.8, 4) is 0 Å². The number of hydrogen-bond donors (Lipinski definition) is 1. The summed E-state index contributed by atoms with van der Waals surface area (Å²) in [7, 11) is 0. The predicted octanol–water partition coefficient (Wildman–Crippen LogP) is 2.94. The first kappa shape index (κ1) is 16.9. The highest BCUT2D eigenvalue weighted by Crippen LogP contribution is 2.19. The Morgan fingerprint density at radius 2 is 2.14 bits per heavy atom. The molecule has 0 bridgehead atoms. The van der Waals surface area contributed by atoms with Gasteiger partial charge in [0.2, 0.25) is 0 Å². The third kappa shape index (κ3) is 5.08. The minimum Gasteiger partial charge on any atom is -0.361 e. The smallest absolute Gasteiger partial charge is 0.361 e. The van der Waals surface area contributed by atoms with Crippen LogP contribution < -0.4 is 5.32 Å². The van der Waals surface area contributed by atoms with E-state index in [4.69, 9.17) is 0 Å². The van der Waals surface area contributed by atoms with Crippen molar-refractivity contribution in [1.29, 1.82) is 0 Å². The molecule has 0 aliphatic carbocycles. The van der Waals surface area contributed by atoms with Gasteiger partial charge in [-0.25, -0.2) is 4.98 Å². The Bertz CT molecular complexity index is 529. The SMILES string of the molecule is Cc1cc(C(=O)N2CCCSCC2)cc(NCC(F)(F)F)n1. The Labute approximate surface area is 131 Å². The van der Waals surface area contributed by atoms with Gasteiger partial charge >= 0.3 is 6.18 Å². The van der Waals surface area contributed by atoms with Crippen LogP contribution >= 0.6 is 11.8 Å². The number of hydrogen-bond acceptors (Lipinski definition) is 4. The lowest BCUT2D eigenvalue weighted by atomic mass is 10.2. The molecule has 0 aromatic carbocycles. The summed E-state index contributed by atoms with van der Waals surface area (Å²) in [4.78, 5) is 18.2. The maximum atomic E-state index is 12.5. The zero-order valence-corrected chi connectivity index (χ0v) is 13.1. The van der Waals surface area contributed by atoms with Crippen molar-refractivity contribution in [3.05, 3.63) is 23.4 Å². The standard InChI is InChI=1S/C14H18F3N3OS/c1-10-7-11(8-12(19-10)18-9-14(15,16)17)13(21)20-3-2-5-22-6-4-20/h7-8H,2-6,9H2,1H3,(H,18,19). The average molecular weight is 333 g/mol. The van der Waals surface area contributed by atoms with Crippen molar-refractivity contribution in [2.75, 3.05) is 36.5 Å². The molecule has 0 saturated carbocycles. The second kappa shape index (κ2) is 7.21. The van der Waals surface area contributed by atoms with Gasteiger partial charge in [0.25, 0.3) is 5.91 Å². The Morgan fingerprint density at radius 1 is 1.36 bits per heavy atom. The summed E-state index contributed by atoms with van der Waals surface area (Å²) in [5.41, 5.74) is 0.892. The number of anilines is 1. The topological polar surface area (TPSA) is 45.2 Å². The summed E-state index contributed by atoms with van der Waals surface area (Å²) >= 11 is 1.81. The van der Waals surface area contributed by atoms with Crippen molar-refractivity contribution in [1.82, 2.24) is 9.88 Å². The van der Waals surface area contributed by atoms with E-state index in [0.29, 0.717) is 24.3 Å². The van der Waals surface area contributed by atoms with E-state index in [1.807, 2.05) is 0 Å². The number of alkyl halides is 3. The van der Waals surface area contributed by atoms with Gasteiger partial charge in [-0.3, -0.25) is 4.79 Å². The Kier molecular flexibility index (Phi) is 5.55. The molecule has 0 atom stereocenters. The van der Waals surface area contributed by atoms with Crippen molar-refractivity contribution in [2.45, 2.75) is 19.5 Å². The van der Waals surface area contributed by atoms with Crippen LogP contribution in [0.3, 0.4) is 0 Å². The maximum absolute atomic E-state index is 12.5. The fourth-order valence-corrected chi connectivity index (χ4v) is 3.09. The second-order valence-corrected chi connectivity index (χ2v) is 6.33. The fourth-order valence-electron chi connectivity index (χ4n) is 2.21. The Hall–Kier alpha value is -1.44. The van der Waals surface area contributed by atoms with Crippen molar-refractivity contribution < 1.29 is 18.0 Å². The van der Waals surface area contributed by atoms with Crippen LogP contribution in [0, 0.1) is 6.92 Å². The molecule has 1 amide bonds. The van der Waals surface area contributed by atoms with E-state index in [1.54, 1.807) is 29.7 Å². The Balaban J connectivity index is 2.12. The van der Waals surface area contributed by atoms with Gasteiger partial charge in [-0.15, -0.1) is 0 Å². The number of amides is 1. The van der Waals surface area contributed by atoms with E-state index in [2.05, 4.69) is 10.3 Å². The van der Waals surface area contributed by atoms with Gasteiger partial charge in [0.15, 0.2) is 0 Å². The molecule has 1 aliphatic rings. The van der Waals surface area contributed by atoms with E-state index in [1.165, 1.54) is 6.07 Å². The summed E-state index contributed by atoms with van der Waals surface area (Å²) in [6, 6.07) is 3.00. The zero-order valence-electron chi connectivity index (χ0n) is 12.2. The van der Waals surface area contributed by atoms with Crippen LogP contribution in [0.5, 0.6) is 0 Å². The van der Waals surface area contributed by atoms with E-state index in [-0.39, 0.29) is 11.7 Å². The van der Waals surface area contributed by atoms with E-state index < -0.39 is 12.7 Å². The highest BCUT2D eigenvalue weighted by atomic mass is 32.2. The monoisotopic (exact) mass is 333 g/mol. The fraction of sp³-hybridized carbons (Fsp3) is 0.571. The molecule has 1 fully saturated rings. The largest absolute Gasteiger partial charge is 0.405 e. The van der Waals surface area contributed by atoms with Gasteiger partial charge in [-0.05, 0) is 31.2 Å². The molecule has 1 saturated heterocycles. The summed E-state index contributed by atoms with van der Waals surface area (Å²) in [6.45, 7) is 1.83. The summed E-state index contributed by atoms with van der Waals surface area (Å²) in [5.74, 6) is 1.83. The third-order valence-corrected chi connectivity index (χ3v) is 4.23. The number of aromatic nitrogens is 1. The van der Waals surface area contributed by atoms with Crippen LogP contribution in [0.25, 0.3) is 0 Å². The highest BCUT2D eigenvalue weighted by molar-refractivity contribution is 7.99. The van der Waals surface area contributed by atoms with Gasteiger partial charge in [-0.1, -0.05) is 0 Å². The molecule has 122 valence electrons. The molecule has 1 aromatic heterocycles. The molecular weight excluding hydrogens is 315 g/mol. The quantitative estimate of drug-likeness (QED) is 0.924. The van der Waals surface area contributed by atoms with Gasteiger partial charge in [0.1, 0.15) is 12.4 Å². The first-order chi connectivity index (χ1) is 10.3. The molecule has 8 heteroatoms. The highest BCUT2D eigenvalue weighted by Gasteiger charge is 2.27. The number of pyridine rings is 1. The minimum absolute atomic E-state index is 0.0740. The lowest BCUT2D eigenvalue weighted by molar-refractivity contribution is -0.115. The predicted molar refractivity (Wildman–Crippen MR) is 81.4 cm³/mol. The molecule has 0 spiro atoms. The zero-order chi connectivity index (χ0) is 16.2. The van der Waals surface area contributed by atoms with Crippen LogP contribution in [0.2, 0.25) is 0 Å². The number of thioether (sulfide) groups is 1. The van der Waals surface area contributed by atoms with E-state index in [9.17, 15) is 18.0 Å². The van der Waals surface area contributed by atoms with E-state index in [0.717, 1.165) is 17.9 Å². The molecule has 1 aliphatic heterocycles. The number of nitrogens with one attached hydrogen (secondary N) is 1. The van der Waals surface area contributed by atoms with Gasteiger partial charge in [0, 0.05) is 30.1 Å².